The zero-order chi connectivity index (χ0) is 20.8. The lowest BCUT2D eigenvalue weighted by Crippen LogP contribution is -2.48. The number of rotatable bonds is 6. The molecule has 0 unspecified atom stereocenters. The van der Waals surface area contributed by atoms with Gasteiger partial charge in [0, 0.05) is 38.2 Å². The van der Waals surface area contributed by atoms with Crippen LogP contribution >= 0.6 is 0 Å². The average molecular weight is 396 g/mol. The molecular weight excluding hydrogens is 366 g/mol. The second-order valence-electron chi connectivity index (χ2n) is 7.38. The van der Waals surface area contributed by atoms with E-state index in [2.05, 4.69) is 10.2 Å². The summed E-state index contributed by atoms with van der Waals surface area (Å²) in [5, 5.41) is 3.03. The number of para-hydroxylation sites is 2. The van der Waals surface area contributed by atoms with Crippen molar-refractivity contribution in [2.24, 2.45) is 0 Å². The molecule has 0 aromatic heterocycles. The molecule has 0 radical (unpaired) electrons. The number of piperazine rings is 1. The Balaban J connectivity index is 1.68. The van der Waals surface area contributed by atoms with E-state index in [9.17, 15) is 9.59 Å². The van der Waals surface area contributed by atoms with Crippen LogP contribution in [0.1, 0.15) is 37.6 Å². The van der Waals surface area contributed by atoms with Crippen LogP contribution in [0.15, 0.2) is 48.5 Å². The highest BCUT2D eigenvalue weighted by Gasteiger charge is 2.22. The van der Waals surface area contributed by atoms with Crippen LogP contribution in [0.5, 0.6) is 5.75 Å². The molecule has 0 spiro atoms. The molecule has 2 aromatic rings. The maximum Gasteiger partial charge on any atom is 0.255 e. The van der Waals surface area contributed by atoms with Crippen molar-refractivity contribution in [2.45, 2.75) is 33.3 Å². The van der Waals surface area contributed by atoms with Gasteiger partial charge in [-0.05, 0) is 50.2 Å². The normalized spacial score (nSPS) is 14.1. The monoisotopic (exact) mass is 395 g/mol. The van der Waals surface area contributed by atoms with Gasteiger partial charge < -0.3 is 19.9 Å². The molecule has 0 bridgehead atoms. The Morgan fingerprint density at radius 1 is 1.00 bits per heavy atom. The molecule has 3 rings (SSSR count). The van der Waals surface area contributed by atoms with E-state index in [-0.39, 0.29) is 17.9 Å². The van der Waals surface area contributed by atoms with Gasteiger partial charge in [0.2, 0.25) is 5.91 Å². The van der Waals surface area contributed by atoms with Crippen LogP contribution in [0.3, 0.4) is 0 Å². The summed E-state index contributed by atoms with van der Waals surface area (Å²) in [5.74, 6) is 0.779. The van der Waals surface area contributed by atoms with E-state index in [0.717, 1.165) is 30.2 Å². The second-order valence-corrected chi connectivity index (χ2v) is 7.38. The fraction of sp³-hybridized carbons (Fsp3) is 0.391. The van der Waals surface area contributed by atoms with E-state index in [0.29, 0.717) is 25.1 Å². The van der Waals surface area contributed by atoms with Gasteiger partial charge in [0.1, 0.15) is 5.75 Å². The molecule has 1 aliphatic heterocycles. The quantitative estimate of drug-likeness (QED) is 0.809. The summed E-state index contributed by atoms with van der Waals surface area (Å²) in [6, 6.07) is 15.0. The number of benzene rings is 2. The van der Waals surface area contributed by atoms with Crippen LogP contribution in [0.4, 0.5) is 11.4 Å². The Morgan fingerprint density at radius 2 is 1.66 bits per heavy atom. The first kappa shape index (κ1) is 20.7. The van der Waals surface area contributed by atoms with Gasteiger partial charge in [0.05, 0.1) is 17.5 Å². The Hall–Kier alpha value is -3.02. The first-order valence-corrected chi connectivity index (χ1v) is 10.2. The number of carbonyl (C=O) groups is 2. The van der Waals surface area contributed by atoms with E-state index in [1.54, 1.807) is 12.1 Å². The summed E-state index contributed by atoms with van der Waals surface area (Å²) in [4.78, 5) is 28.8. The van der Waals surface area contributed by atoms with Gasteiger partial charge in [-0.1, -0.05) is 19.1 Å². The van der Waals surface area contributed by atoms with Crippen LogP contribution in [0.2, 0.25) is 0 Å². The molecule has 1 saturated heterocycles. The van der Waals surface area contributed by atoms with Crippen molar-refractivity contribution >= 4 is 23.2 Å². The van der Waals surface area contributed by atoms with Crippen LogP contribution in [0, 0.1) is 0 Å². The Bertz CT molecular complexity index is 841. The van der Waals surface area contributed by atoms with Crippen molar-refractivity contribution in [3.63, 3.8) is 0 Å². The summed E-state index contributed by atoms with van der Waals surface area (Å²) in [6.07, 6.45) is 0.628. The summed E-state index contributed by atoms with van der Waals surface area (Å²) >= 11 is 0. The zero-order valence-corrected chi connectivity index (χ0v) is 17.4. The van der Waals surface area contributed by atoms with E-state index in [1.165, 1.54) is 0 Å². The minimum atomic E-state index is -0.159. The third-order valence-corrected chi connectivity index (χ3v) is 4.92. The number of anilines is 2. The molecule has 1 heterocycles. The lowest BCUT2D eigenvalue weighted by molar-refractivity contribution is -0.131. The highest BCUT2D eigenvalue weighted by Crippen LogP contribution is 2.27. The molecule has 6 heteroatoms. The number of hydrogen-bond donors (Lipinski definition) is 1. The minimum absolute atomic E-state index is 0.0923. The minimum Gasteiger partial charge on any atom is -0.491 e. The zero-order valence-electron chi connectivity index (χ0n) is 17.4. The molecule has 0 atom stereocenters. The molecule has 1 fully saturated rings. The topological polar surface area (TPSA) is 61.9 Å². The van der Waals surface area contributed by atoms with E-state index < -0.39 is 0 Å². The van der Waals surface area contributed by atoms with Crippen LogP contribution in [-0.2, 0) is 4.79 Å². The maximum absolute atomic E-state index is 12.7. The summed E-state index contributed by atoms with van der Waals surface area (Å²) in [6.45, 7) is 8.73. The molecule has 0 aliphatic carbocycles. The molecule has 2 aromatic carbocycles. The largest absolute Gasteiger partial charge is 0.491 e. The molecule has 2 amide bonds. The highest BCUT2D eigenvalue weighted by molar-refractivity contribution is 6.06. The number of carbonyl (C=O) groups excluding carboxylic acids is 2. The Morgan fingerprint density at radius 3 is 2.28 bits per heavy atom. The SMILES string of the molecule is CCC(=O)N1CCN(c2ccccc2NC(=O)c2ccc(OC(C)C)cc2)CC1. The van der Waals surface area contributed by atoms with Crippen LogP contribution in [-0.4, -0.2) is 49.0 Å². The lowest BCUT2D eigenvalue weighted by Gasteiger charge is -2.36. The Labute approximate surface area is 172 Å². The first-order chi connectivity index (χ1) is 14.0. The number of nitrogens with zero attached hydrogens (tertiary/aromatic N) is 2. The lowest BCUT2D eigenvalue weighted by atomic mass is 10.1. The third-order valence-electron chi connectivity index (χ3n) is 4.92. The fourth-order valence-corrected chi connectivity index (χ4v) is 3.43. The molecule has 0 saturated carbocycles. The average Bonchev–Trinajstić information content (AvgIpc) is 2.74. The highest BCUT2D eigenvalue weighted by atomic mass is 16.5. The summed E-state index contributed by atoms with van der Waals surface area (Å²) in [5.41, 5.74) is 2.33. The van der Waals surface area contributed by atoms with Gasteiger partial charge in [-0.15, -0.1) is 0 Å². The van der Waals surface area contributed by atoms with Crippen molar-refractivity contribution < 1.29 is 14.3 Å². The van der Waals surface area contributed by atoms with Crippen molar-refractivity contribution in [2.75, 3.05) is 36.4 Å². The van der Waals surface area contributed by atoms with Gasteiger partial charge in [-0.25, -0.2) is 0 Å². The Kier molecular flexibility index (Phi) is 6.75. The molecule has 1 N–H and O–H groups in total. The summed E-state index contributed by atoms with van der Waals surface area (Å²) < 4.78 is 5.63. The van der Waals surface area contributed by atoms with Crippen molar-refractivity contribution in [3.8, 4) is 5.75 Å². The molecule has 29 heavy (non-hydrogen) atoms. The summed E-state index contributed by atoms with van der Waals surface area (Å²) in [7, 11) is 0. The molecular formula is C23H29N3O3. The predicted molar refractivity (Wildman–Crippen MR) is 116 cm³/mol. The standard InChI is InChI=1S/C23H29N3O3/c1-4-22(27)26-15-13-25(14-16-26)21-8-6-5-7-20(21)24-23(28)18-9-11-19(12-10-18)29-17(2)3/h5-12,17H,4,13-16H2,1-3H3,(H,24,28). The number of ether oxygens (including phenoxy) is 1. The number of amides is 2. The van der Waals surface area contributed by atoms with Gasteiger partial charge in [0.15, 0.2) is 0 Å². The van der Waals surface area contributed by atoms with Crippen molar-refractivity contribution in [1.29, 1.82) is 0 Å². The van der Waals surface area contributed by atoms with E-state index in [1.807, 2.05) is 62.1 Å². The van der Waals surface area contributed by atoms with Gasteiger partial charge >= 0.3 is 0 Å². The molecule has 154 valence electrons. The fourth-order valence-electron chi connectivity index (χ4n) is 3.43. The van der Waals surface area contributed by atoms with Gasteiger partial charge in [-0.2, -0.15) is 0 Å². The van der Waals surface area contributed by atoms with Crippen LogP contribution in [0.25, 0.3) is 0 Å². The van der Waals surface area contributed by atoms with Crippen molar-refractivity contribution in [3.05, 3.63) is 54.1 Å². The first-order valence-electron chi connectivity index (χ1n) is 10.2. The van der Waals surface area contributed by atoms with Crippen LogP contribution < -0.4 is 15.0 Å². The third kappa shape index (κ3) is 5.28. The van der Waals surface area contributed by atoms with Gasteiger partial charge in [-0.3, -0.25) is 9.59 Å². The number of nitrogens with one attached hydrogen (secondary N) is 1. The van der Waals surface area contributed by atoms with E-state index >= 15 is 0 Å². The smallest absolute Gasteiger partial charge is 0.255 e. The molecule has 6 nitrogen and oxygen atoms in total. The van der Waals surface area contributed by atoms with Gasteiger partial charge in [0.25, 0.3) is 5.91 Å². The maximum atomic E-state index is 12.7. The number of hydrogen-bond acceptors (Lipinski definition) is 4. The van der Waals surface area contributed by atoms with E-state index in [4.69, 9.17) is 4.74 Å². The second kappa shape index (κ2) is 9.45. The predicted octanol–water partition coefficient (Wildman–Crippen LogP) is 3.78. The van der Waals surface area contributed by atoms with Crippen molar-refractivity contribution in [1.82, 2.24) is 4.90 Å². The molecule has 1 aliphatic rings.